The predicted molar refractivity (Wildman–Crippen MR) is 137 cm³/mol. The lowest BCUT2D eigenvalue weighted by Gasteiger charge is -2.38. The van der Waals surface area contributed by atoms with Crippen molar-refractivity contribution >= 4 is 23.3 Å². The third-order valence-corrected chi connectivity index (χ3v) is 7.94. The third kappa shape index (κ3) is 5.31. The molecule has 9 heteroatoms. The lowest BCUT2D eigenvalue weighted by molar-refractivity contribution is -0.133. The van der Waals surface area contributed by atoms with Crippen LogP contribution in [0.2, 0.25) is 5.02 Å². The van der Waals surface area contributed by atoms with Crippen LogP contribution in [0.25, 0.3) is 0 Å². The Morgan fingerprint density at radius 1 is 1.17 bits per heavy atom. The van der Waals surface area contributed by atoms with E-state index in [0.717, 1.165) is 48.6 Å². The topological polar surface area (TPSA) is 93.6 Å². The van der Waals surface area contributed by atoms with E-state index >= 15 is 0 Å². The van der Waals surface area contributed by atoms with Gasteiger partial charge in [0.2, 0.25) is 5.91 Å². The number of aliphatic hydroxyl groups excluding tert-OH is 1. The molecule has 2 aliphatic heterocycles. The van der Waals surface area contributed by atoms with Gasteiger partial charge in [-0.2, -0.15) is 0 Å². The number of anilines is 1. The van der Waals surface area contributed by atoms with Crippen molar-refractivity contribution in [3.63, 3.8) is 0 Å². The Morgan fingerprint density at radius 2 is 1.89 bits per heavy atom. The maximum atomic E-state index is 13.7. The fraction of sp³-hybridized carbons (Fsp3) is 0.577. The number of benzene rings is 1. The molecule has 1 aromatic heterocycles. The van der Waals surface area contributed by atoms with Crippen LogP contribution >= 0.6 is 11.6 Å². The molecule has 35 heavy (non-hydrogen) atoms. The molecule has 3 N–H and O–H groups in total. The molecule has 2 fully saturated rings. The van der Waals surface area contributed by atoms with Crippen molar-refractivity contribution in [1.29, 1.82) is 0 Å². The average Bonchev–Trinajstić information content (AvgIpc) is 3.19. The number of carbonyl (C=O) groups excluding carboxylic acids is 1. The van der Waals surface area contributed by atoms with Crippen molar-refractivity contribution in [1.82, 2.24) is 25.5 Å². The van der Waals surface area contributed by atoms with E-state index in [2.05, 4.69) is 32.4 Å². The Labute approximate surface area is 212 Å². The number of amides is 1. The Balaban J connectivity index is 1.27. The second kappa shape index (κ2) is 10.8. The number of carbonyl (C=O) groups is 1. The maximum Gasteiger partial charge on any atom is 0.231 e. The van der Waals surface area contributed by atoms with Crippen LogP contribution in [0, 0.1) is 0 Å². The molecule has 5 rings (SSSR count). The van der Waals surface area contributed by atoms with Gasteiger partial charge in [-0.05, 0) is 56.0 Å². The van der Waals surface area contributed by atoms with Gasteiger partial charge < -0.3 is 25.5 Å². The normalized spacial score (nSPS) is 23.9. The Kier molecular flexibility index (Phi) is 7.53. The summed E-state index contributed by atoms with van der Waals surface area (Å²) in [6.07, 6.45) is 3.88. The Morgan fingerprint density at radius 3 is 2.60 bits per heavy atom. The van der Waals surface area contributed by atoms with Gasteiger partial charge in [-0.3, -0.25) is 4.79 Å². The smallest absolute Gasteiger partial charge is 0.231 e. The summed E-state index contributed by atoms with van der Waals surface area (Å²) < 4.78 is 0. The second-order valence-electron chi connectivity index (χ2n) is 10.00. The monoisotopic (exact) mass is 498 g/mol. The lowest BCUT2D eigenvalue weighted by Crippen LogP contribution is -2.52. The van der Waals surface area contributed by atoms with E-state index in [0.29, 0.717) is 50.2 Å². The van der Waals surface area contributed by atoms with E-state index < -0.39 is 6.10 Å². The summed E-state index contributed by atoms with van der Waals surface area (Å²) in [7, 11) is 0. The number of piperidine rings is 1. The van der Waals surface area contributed by atoms with Crippen LogP contribution < -0.4 is 15.5 Å². The maximum absolute atomic E-state index is 13.7. The fourth-order valence-corrected chi connectivity index (χ4v) is 5.79. The van der Waals surface area contributed by atoms with Gasteiger partial charge in [0.1, 0.15) is 12.1 Å². The van der Waals surface area contributed by atoms with Crippen molar-refractivity contribution in [3.8, 4) is 0 Å². The van der Waals surface area contributed by atoms with Crippen LogP contribution in [-0.2, 0) is 4.79 Å². The molecule has 3 atom stereocenters. The largest absolute Gasteiger partial charge is 0.387 e. The number of hydrogen-bond donors (Lipinski definition) is 3. The van der Waals surface area contributed by atoms with Gasteiger partial charge in [0.15, 0.2) is 0 Å². The van der Waals surface area contributed by atoms with E-state index in [1.807, 2.05) is 29.2 Å². The molecular weight excluding hydrogens is 464 g/mol. The van der Waals surface area contributed by atoms with Crippen LogP contribution in [0.4, 0.5) is 5.82 Å². The molecule has 188 valence electrons. The van der Waals surface area contributed by atoms with E-state index in [-0.39, 0.29) is 17.7 Å². The van der Waals surface area contributed by atoms with E-state index in [4.69, 9.17) is 11.6 Å². The van der Waals surface area contributed by atoms with Crippen LogP contribution in [0.3, 0.4) is 0 Å². The molecule has 2 saturated heterocycles. The summed E-state index contributed by atoms with van der Waals surface area (Å²) in [6.45, 7) is 7.50. The van der Waals surface area contributed by atoms with Gasteiger partial charge in [-0.15, -0.1) is 0 Å². The molecule has 0 bridgehead atoms. The van der Waals surface area contributed by atoms with Crippen molar-refractivity contribution in [2.75, 3.05) is 50.7 Å². The first-order chi connectivity index (χ1) is 17.0. The number of aromatic nitrogens is 2. The zero-order chi connectivity index (χ0) is 24.4. The van der Waals surface area contributed by atoms with E-state index in [9.17, 15) is 9.90 Å². The van der Waals surface area contributed by atoms with E-state index in [1.54, 1.807) is 6.33 Å². The van der Waals surface area contributed by atoms with Crippen molar-refractivity contribution in [2.45, 2.75) is 50.2 Å². The minimum atomic E-state index is -0.516. The molecule has 3 heterocycles. The number of aliphatic hydroxyl groups is 1. The van der Waals surface area contributed by atoms with Crippen LogP contribution in [0.15, 0.2) is 30.6 Å². The zero-order valence-corrected chi connectivity index (χ0v) is 21.0. The van der Waals surface area contributed by atoms with Gasteiger partial charge in [0.05, 0.1) is 17.7 Å². The van der Waals surface area contributed by atoms with Gasteiger partial charge in [-0.1, -0.05) is 30.7 Å². The summed E-state index contributed by atoms with van der Waals surface area (Å²) in [4.78, 5) is 26.9. The highest BCUT2D eigenvalue weighted by Gasteiger charge is 2.35. The lowest BCUT2D eigenvalue weighted by atomic mass is 9.95. The minimum Gasteiger partial charge on any atom is -0.387 e. The quantitative estimate of drug-likeness (QED) is 0.563. The number of rotatable bonds is 6. The molecule has 1 unspecified atom stereocenters. The fourth-order valence-electron chi connectivity index (χ4n) is 5.67. The first-order valence-electron chi connectivity index (χ1n) is 12.8. The van der Waals surface area contributed by atoms with Gasteiger partial charge in [0.25, 0.3) is 0 Å². The molecule has 2 aromatic rings. The number of fused-ring (bicyclic) bond motifs is 1. The standard InChI is InChI=1S/C26H35ClN6O2/c1-17-14-22(34)24-23(17)25(31-16-30-24)32-10-12-33(13-11-32)26(35)21(18-2-4-19(27)5-3-18)15-29-20-6-8-28-9-7-20/h2-5,16-17,20-22,28-29,34H,6-15H2,1H3/t17-,21?,22-/m1/s1. The SMILES string of the molecule is C[C@@H]1C[C@@H](O)c2ncnc(N3CCN(C(=O)C(CNC4CCNCC4)c4ccc(Cl)cc4)CC3)c21. The van der Waals surface area contributed by atoms with Crippen LogP contribution in [0.1, 0.15) is 60.9 Å². The summed E-state index contributed by atoms with van der Waals surface area (Å²) in [5.74, 6) is 1.05. The molecule has 3 aliphatic rings. The second-order valence-corrected chi connectivity index (χ2v) is 10.4. The highest BCUT2D eigenvalue weighted by molar-refractivity contribution is 6.30. The highest BCUT2D eigenvalue weighted by atomic mass is 35.5. The molecule has 1 amide bonds. The van der Waals surface area contributed by atoms with Crippen molar-refractivity contribution in [3.05, 3.63) is 52.4 Å². The first-order valence-corrected chi connectivity index (χ1v) is 13.1. The average molecular weight is 499 g/mol. The molecule has 0 saturated carbocycles. The number of nitrogens with one attached hydrogen (secondary N) is 2. The molecule has 0 radical (unpaired) electrons. The van der Waals surface area contributed by atoms with Crippen LogP contribution in [0.5, 0.6) is 0 Å². The van der Waals surface area contributed by atoms with Crippen molar-refractivity contribution < 1.29 is 9.90 Å². The zero-order valence-electron chi connectivity index (χ0n) is 20.3. The van der Waals surface area contributed by atoms with Gasteiger partial charge in [0, 0.05) is 49.4 Å². The van der Waals surface area contributed by atoms with Crippen molar-refractivity contribution in [2.24, 2.45) is 0 Å². The highest BCUT2D eigenvalue weighted by Crippen LogP contribution is 2.42. The van der Waals surface area contributed by atoms with Gasteiger partial charge >= 0.3 is 0 Å². The summed E-state index contributed by atoms with van der Waals surface area (Å²) in [6, 6.07) is 8.12. The molecule has 0 spiro atoms. The van der Waals surface area contributed by atoms with Crippen LogP contribution in [-0.4, -0.2) is 77.7 Å². The number of piperazine rings is 1. The first kappa shape index (κ1) is 24.4. The number of halogens is 1. The summed E-state index contributed by atoms with van der Waals surface area (Å²) in [5, 5.41) is 18.1. The molecular formula is C26H35ClN6O2. The third-order valence-electron chi connectivity index (χ3n) is 7.69. The Bertz CT molecular complexity index is 1020. The Hall–Kier alpha value is -2.26. The van der Waals surface area contributed by atoms with E-state index in [1.165, 1.54) is 0 Å². The predicted octanol–water partition coefficient (Wildman–Crippen LogP) is 2.44. The molecule has 1 aromatic carbocycles. The number of nitrogens with zero attached hydrogens (tertiary/aromatic N) is 4. The molecule has 8 nitrogen and oxygen atoms in total. The minimum absolute atomic E-state index is 0.158. The summed E-state index contributed by atoms with van der Waals surface area (Å²) >= 11 is 6.13. The number of hydrogen-bond acceptors (Lipinski definition) is 7. The summed E-state index contributed by atoms with van der Waals surface area (Å²) in [5.41, 5.74) is 2.82. The molecule has 1 aliphatic carbocycles. The van der Waals surface area contributed by atoms with Gasteiger partial charge in [-0.25, -0.2) is 9.97 Å².